The second-order valence-electron chi connectivity index (χ2n) is 5.72. The van der Waals surface area contributed by atoms with E-state index in [4.69, 9.17) is 16.3 Å². The highest BCUT2D eigenvalue weighted by Crippen LogP contribution is 2.39. The molecule has 0 aliphatic carbocycles. The third-order valence-electron chi connectivity index (χ3n) is 2.66. The van der Waals surface area contributed by atoms with Crippen molar-refractivity contribution in [2.24, 2.45) is 0 Å². The topological polar surface area (TPSA) is 58.6 Å². The largest absolute Gasteiger partial charge is 0.444 e. The number of benzene rings is 1. The zero-order valence-electron chi connectivity index (χ0n) is 12.3. The van der Waals surface area contributed by atoms with Crippen molar-refractivity contribution in [1.29, 1.82) is 0 Å². The van der Waals surface area contributed by atoms with Crippen LogP contribution >= 0.6 is 11.6 Å². The summed E-state index contributed by atoms with van der Waals surface area (Å²) in [5, 5.41) is 12.0. The van der Waals surface area contributed by atoms with Gasteiger partial charge in [-0.15, -0.1) is 0 Å². The number of carbonyl (C=O) groups is 1. The SMILES string of the molecule is CC(C)(C)OC(=O)NCC(O)(c1cccc(Cl)c1)C(F)(F)F. The van der Waals surface area contributed by atoms with E-state index in [1.54, 1.807) is 20.8 Å². The van der Waals surface area contributed by atoms with Crippen molar-refractivity contribution in [3.05, 3.63) is 34.9 Å². The summed E-state index contributed by atoms with van der Waals surface area (Å²) in [4.78, 5) is 11.5. The Labute approximate surface area is 131 Å². The second-order valence-corrected chi connectivity index (χ2v) is 6.16. The Hall–Kier alpha value is -1.47. The second kappa shape index (κ2) is 6.34. The van der Waals surface area contributed by atoms with Crippen LogP contribution in [0, 0.1) is 0 Å². The number of ether oxygens (including phenoxy) is 1. The van der Waals surface area contributed by atoms with Crippen LogP contribution in [0.4, 0.5) is 18.0 Å². The van der Waals surface area contributed by atoms with Crippen LogP contribution in [0.15, 0.2) is 24.3 Å². The Morgan fingerprint density at radius 1 is 1.32 bits per heavy atom. The van der Waals surface area contributed by atoms with Gasteiger partial charge in [-0.3, -0.25) is 0 Å². The number of carbonyl (C=O) groups excluding carboxylic acids is 1. The van der Waals surface area contributed by atoms with Gasteiger partial charge in [-0.2, -0.15) is 13.2 Å². The lowest BCUT2D eigenvalue weighted by molar-refractivity contribution is -0.263. The van der Waals surface area contributed by atoms with Crippen molar-refractivity contribution in [2.45, 2.75) is 38.1 Å². The summed E-state index contributed by atoms with van der Waals surface area (Å²) in [6.07, 6.45) is -6.07. The molecule has 124 valence electrons. The van der Waals surface area contributed by atoms with E-state index >= 15 is 0 Å². The summed E-state index contributed by atoms with van der Waals surface area (Å²) in [6, 6.07) is 4.73. The number of rotatable bonds is 3. The van der Waals surface area contributed by atoms with Gasteiger partial charge in [-0.25, -0.2) is 4.79 Å². The average Bonchev–Trinajstić information content (AvgIpc) is 2.32. The van der Waals surface area contributed by atoms with E-state index in [-0.39, 0.29) is 5.02 Å². The summed E-state index contributed by atoms with van der Waals surface area (Å²) in [5.74, 6) is 0. The summed E-state index contributed by atoms with van der Waals surface area (Å²) in [6.45, 7) is 3.62. The Balaban J connectivity index is 2.98. The number of aliphatic hydroxyl groups is 1. The Morgan fingerprint density at radius 2 is 1.91 bits per heavy atom. The van der Waals surface area contributed by atoms with E-state index < -0.39 is 35.6 Å². The lowest BCUT2D eigenvalue weighted by Crippen LogP contribution is -2.51. The smallest absolute Gasteiger partial charge is 0.423 e. The van der Waals surface area contributed by atoms with Crippen LogP contribution in [0.5, 0.6) is 0 Å². The number of amides is 1. The van der Waals surface area contributed by atoms with Crippen LogP contribution in [0.3, 0.4) is 0 Å². The third-order valence-corrected chi connectivity index (χ3v) is 2.89. The molecule has 0 aliphatic heterocycles. The highest BCUT2D eigenvalue weighted by molar-refractivity contribution is 6.30. The first-order valence-electron chi connectivity index (χ1n) is 6.37. The minimum Gasteiger partial charge on any atom is -0.444 e. The number of alkyl halides is 3. The van der Waals surface area contributed by atoms with Crippen molar-refractivity contribution in [3.63, 3.8) is 0 Å². The molecule has 0 aromatic heterocycles. The zero-order valence-corrected chi connectivity index (χ0v) is 13.0. The van der Waals surface area contributed by atoms with Crippen molar-refractivity contribution in [1.82, 2.24) is 5.32 Å². The van der Waals surface area contributed by atoms with Gasteiger partial charge in [0.1, 0.15) is 5.60 Å². The van der Waals surface area contributed by atoms with E-state index in [1.807, 2.05) is 5.32 Å². The normalized spacial score (nSPS) is 15.1. The predicted octanol–water partition coefficient (Wildman–Crippen LogP) is 3.61. The molecule has 0 spiro atoms. The van der Waals surface area contributed by atoms with Crippen LogP contribution in [-0.4, -0.2) is 29.5 Å². The maximum atomic E-state index is 13.2. The molecule has 0 saturated heterocycles. The molecule has 1 amide bonds. The highest BCUT2D eigenvalue weighted by Gasteiger charge is 2.55. The standard InChI is InChI=1S/C14H17ClF3NO3/c1-12(2,3)22-11(20)19-8-13(21,14(16,17)18)9-5-4-6-10(15)7-9/h4-7,21H,8H2,1-3H3,(H,19,20). The maximum Gasteiger partial charge on any atom is 0.423 e. The molecular weight excluding hydrogens is 323 g/mol. The molecule has 4 nitrogen and oxygen atoms in total. The van der Waals surface area contributed by atoms with E-state index in [2.05, 4.69) is 0 Å². The summed E-state index contributed by atoms with van der Waals surface area (Å²) >= 11 is 5.66. The third kappa shape index (κ3) is 4.78. The molecule has 1 rings (SSSR count). The van der Waals surface area contributed by atoms with E-state index in [0.29, 0.717) is 0 Å². The monoisotopic (exact) mass is 339 g/mol. The summed E-state index contributed by atoms with van der Waals surface area (Å²) in [5.41, 5.74) is -4.60. The first-order chi connectivity index (χ1) is 9.85. The van der Waals surface area contributed by atoms with Crippen LogP contribution in [0.2, 0.25) is 5.02 Å². The molecule has 8 heteroatoms. The number of halogens is 4. The Bertz CT molecular complexity index is 543. The van der Waals surface area contributed by atoms with Crippen LogP contribution < -0.4 is 5.32 Å². The minimum absolute atomic E-state index is 0.0393. The van der Waals surface area contributed by atoms with Gasteiger partial charge in [0.05, 0.1) is 6.54 Å². The first-order valence-corrected chi connectivity index (χ1v) is 6.75. The molecule has 0 radical (unpaired) electrons. The summed E-state index contributed by atoms with van der Waals surface area (Å²) in [7, 11) is 0. The van der Waals surface area contributed by atoms with Crippen molar-refractivity contribution < 1.29 is 27.8 Å². The maximum absolute atomic E-state index is 13.2. The number of alkyl carbamates (subject to hydrolysis) is 1. The van der Waals surface area contributed by atoms with Crippen LogP contribution in [-0.2, 0) is 10.3 Å². The lowest BCUT2D eigenvalue weighted by atomic mass is 9.93. The number of hydrogen-bond acceptors (Lipinski definition) is 3. The van der Waals surface area contributed by atoms with Crippen molar-refractivity contribution in [3.8, 4) is 0 Å². The van der Waals surface area contributed by atoms with Crippen molar-refractivity contribution in [2.75, 3.05) is 6.54 Å². The molecule has 1 aromatic carbocycles. The molecule has 1 aromatic rings. The lowest BCUT2D eigenvalue weighted by Gasteiger charge is -2.31. The average molecular weight is 340 g/mol. The number of hydrogen-bond donors (Lipinski definition) is 2. The highest BCUT2D eigenvalue weighted by atomic mass is 35.5. The predicted molar refractivity (Wildman–Crippen MR) is 75.6 cm³/mol. The quantitative estimate of drug-likeness (QED) is 0.884. The molecular formula is C14H17ClF3NO3. The first kappa shape index (κ1) is 18.6. The minimum atomic E-state index is -5.01. The van der Waals surface area contributed by atoms with Crippen molar-refractivity contribution >= 4 is 17.7 Å². The zero-order chi connectivity index (χ0) is 17.2. The van der Waals surface area contributed by atoms with E-state index in [9.17, 15) is 23.1 Å². The van der Waals surface area contributed by atoms with Gasteiger partial charge in [0.2, 0.25) is 5.60 Å². The fourth-order valence-electron chi connectivity index (χ4n) is 1.63. The van der Waals surface area contributed by atoms with Gasteiger partial charge in [-0.1, -0.05) is 23.7 Å². The molecule has 0 aliphatic rings. The van der Waals surface area contributed by atoms with E-state index in [0.717, 1.165) is 12.1 Å². The fourth-order valence-corrected chi connectivity index (χ4v) is 1.82. The molecule has 0 bridgehead atoms. The van der Waals surface area contributed by atoms with Gasteiger partial charge in [-0.05, 0) is 38.5 Å². The van der Waals surface area contributed by atoms with Gasteiger partial charge in [0.15, 0.2) is 0 Å². The molecule has 2 N–H and O–H groups in total. The van der Waals surface area contributed by atoms with Gasteiger partial charge < -0.3 is 15.2 Å². The van der Waals surface area contributed by atoms with Crippen LogP contribution in [0.1, 0.15) is 26.3 Å². The molecule has 0 heterocycles. The molecule has 1 unspecified atom stereocenters. The van der Waals surface area contributed by atoms with E-state index in [1.165, 1.54) is 12.1 Å². The van der Waals surface area contributed by atoms with Gasteiger partial charge in [0.25, 0.3) is 0 Å². The summed E-state index contributed by atoms with van der Waals surface area (Å²) < 4.78 is 44.5. The van der Waals surface area contributed by atoms with Gasteiger partial charge in [0, 0.05) is 5.02 Å². The number of nitrogens with one attached hydrogen (secondary N) is 1. The fraction of sp³-hybridized carbons (Fsp3) is 0.500. The van der Waals surface area contributed by atoms with Gasteiger partial charge >= 0.3 is 12.3 Å². The Morgan fingerprint density at radius 3 is 2.36 bits per heavy atom. The van der Waals surface area contributed by atoms with Crippen LogP contribution in [0.25, 0.3) is 0 Å². The molecule has 22 heavy (non-hydrogen) atoms. The molecule has 0 fully saturated rings. The molecule has 0 saturated carbocycles. The molecule has 1 atom stereocenters. The Kier molecular flexibility index (Phi) is 5.35.